The van der Waals surface area contributed by atoms with Crippen LogP contribution in [0.4, 0.5) is 11.4 Å². The minimum Gasteiger partial charge on any atom is -0.322 e. The van der Waals surface area contributed by atoms with Gasteiger partial charge in [0, 0.05) is 34.6 Å². The van der Waals surface area contributed by atoms with Crippen LogP contribution in [0.5, 0.6) is 0 Å². The maximum atomic E-state index is 12.9. The number of hydrogen-bond acceptors (Lipinski definition) is 4. The molecule has 6 nitrogen and oxygen atoms in total. The van der Waals surface area contributed by atoms with Crippen LogP contribution in [0, 0.1) is 0 Å². The van der Waals surface area contributed by atoms with Crippen LogP contribution in [0.2, 0.25) is 0 Å². The number of carbonyl (C=O) groups excluding carboxylic acids is 2. The van der Waals surface area contributed by atoms with Crippen LogP contribution in [0.1, 0.15) is 20.7 Å². The number of amides is 2. The number of thiazole rings is 1. The minimum atomic E-state index is -0.302. The summed E-state index contributed by atoms with van der Waals surface area (Å²) in [5.74, 6) is -0.570. The average Bonchev–Trinajstić information content (AvgIpc) is 3.43. The van der Waals surface area contributed by atoms with Crippen molar-refractivity contribution in [2.24, 2.45) is 0 Å². The van der Waals surface area contributed by atoms with Gasteiger partial charge in [-0.25, -0.2) is 4.98 Å². The molecule has 0 saturated carbocycles. The van der Waals surface area contributed by atoms with Gasteiger partial charge in [0.2, 0.25) is 0 Å². The second-order valence-electron chi connectivity index (χ2n) is 7.12. The van der Waals surface area contributed by atoms with Crippen molar-refractivity contribution < 1.29 is 9.59 Å². The number of fused-ring (bicyclic) bond motifs is 1. The molecule has 2 amide bonds. The molecule has 0 aliphatic rings. The number of anilines is 2. The number of imidazole rings is 1. The maximum absolute atomic E-state index is 12.9. The number of para-hydroxylation sites is 1. The predicted molar refractivity (Wildman–Crippen MR) is 127 cm³/mol. The van der Waals surface area contributed by atoms with Crippen LogP contribution in [0.3, 0.4) is 0 Å². The highest BCUT2D eigenvalue weighted by Crippen LogP contribution is 2.24. The van der Waals surface area contributed by atoms with Crippen LogP contribution in [-0.2, 0) is 0 Å². The van der Waals surface area contributed by atoms with Gasteiger partial charge in [-0.15, -0.1) is 11.3 Å². The first kappa shape index (κ1) is 19.7. The summed E-state index contributed by atoms with van der Waals surface area (Å²) < 4.78 is 1.98. The Morgan fingerprint density at radius 2 is 1.56 bits per heavy atom. The molecule has 2 heterocycles. The van der Waals surface area contributed by atoms with E-state index in [9.17, 15) is 9.59 Å². The molecule has 5 aromatic rings. The molecular weight excluding hydrogens is 420 g/mol. The second-order valence-corrected chi connectivity index (χ2v) is 7.99. The fourth-order valence-electron chi connectivity index (χ4n) is 3.36. The Morgan fingerprint density at radius 3 is 2.34 bits per heavy atom. The summed E-state index contributed by atoms with van der Waals surface area (Å²) in [7, 11) is 0. The summed E-state index contributed by atoms with van der Waals surface area (Å²) in [4.78, 5) is 31.0. The lowest BCUT2D eigenvalue weighted by Crippen LogP contribution is -2.18. The minimum absolute atomic E-state index is 0.268. The molecule has 0 atom stereocenters. The largest absolute Gasteiger partial charge is 0.322 e. The third-order valence-corrected chi connectivity index (χ3v) is 5.76. The Kier molecular flexibility index (Phi) is 5.23. The van der Waals surface area contributed by atoms with Gasteiger partial charge in [-0.2, -0.15) is 0 Å². The Bertz CT molecular complexity index is 1380. The lowest BCUT2D eigenvalue weighted by Gasteiger charge is -2.12. The third-order valence-electron chi connectivity index (χ3n) is 4.99. The standard InChI is InChI=1S/C25H18N4O2S/c30-23(18-6-2-1-3-7-18)27-21-9-5-4-8-20(21)24(31)26-19-12-10-17(11-13-19)22-16-29-14-15-32-25(29)28-22/h1-16H,(H,26,31)(H,27,30). The molecule has 2 N–H and O–H groups in total. The zero-order valence-corrected chi connectivity index (χ0v) is 17.7. The molecule has 0 spiro atoms. The summed E-state index contributed by atoms with van der Waals surface area (Å²) in [5.41, 5.74) is 3.86. The maximum Gasteiger partial charge on any atom is 0.257 e. The quantitative estimate of drug-likeness (QED) is 0.377. The van der Waals surface area contributed by atoms with E-state index in [1.54, 1.807) is 59.9 Å². The van der Waals surface area contributed by atoms with E-state index in [-0.39, 0.29) is 11.8 Å². The summed E-state index contributed by atoms with van der Waals surface area (Å²) in [6, 6.07) is 23.3. The molecule has 156 valence electrons. The van der Waals surface area contributed by atoms with Gasteiger partial charge in [0.15, 0.2) is 4.96 Å². The molecule has 0 saturated heterocycles. The highest BCUT2D eigenvalue weighted by molar-refractivity contribution is 7.15. The molecule has 0 radical (unpaired) electrons. The molecule has 0 unspecified atom stereocenters. The number of carbonyl (C=O) groups is 2. The van der Waals surface area contributed by atoms with Gasteiger partial charge in [-0.1, -0.05) is 42.5 Å². The predicted octanol–water partition coefficient (Wildman–Crippen LogP) is 5.57. The first-order valence-corrected chi connectivity index (χ1v) is 10.8. The van der Waals surface area contributed by atoms with Gasteiger partial charge in [0.05, 0.1) is 16.9 Å². The SMILES string of the molecule is O=C(Nc1ccccc1C(=O)Nc1ccc(-c2cn3ccsc3n2)cc1)c1ccccc1. The van der Waals surface area contributed by atoms with Crippen LogP contribution >= 0.6 is 11.3 Å². The molecule has 0 bridgehead atoms. The van der Waals surface area contributed by atoms with Gasteiger partial charge < -0.3 is 10.6 Å². The van der Waals surface area contributed by atoms with Crippen molar-refractivity contribution in [2.45, 2.75) is 0 Å². The van der Waals surface area contributed by atoms with Crippen molar-refractivity contribution in [3.05, 3.63) is 108 Å². The van der Waals surface area contributed by atoms with Crippen molar-refractivity contribution in [3.63, 3.8) is 0 Å². The van der Waals surface area contributed by atoms with Crippen LogP contribution < -0.4 is 10.6 Å². The van der Waals surface area contributed by atoms with Gasteiger partial charge in [-0.3, -0.25) is 14.0 Å². The molecule has 32 heavy (non-hydrogen) atoms. The van der Waals surface area contributed by atoms with Crippen molar-refractivity contribution >= 4 is 39.5 Å². The van der Waals surface area contributed by atoms with Crippen molar-refractivity contribution in [1.29, 1.82) is 0 Å². The van der Waals surface area contributed by atoms with Crippen LogP contribution in [0.25, 0.3) is 16.2 Å². The van der Waals surface area contributed by atoms with Crippen molar-refractivity contribution in [3.8, 4) is 11.3 Å². The summed E-state index contributed by atoms with van der Waals surface area (Å²) in [6.45, 7) is 0. The van der Waals surface area contributed by atoms with Gasteiger partial charge >= 0.3 is 0 Å². The number of aromatic nitrogens is 2. The molecule has 0 aliphatic carbocycles. The summed E-state index contributed by atoms with van der Waals surface area (Å²) in [6.07, 6.45) is 3.95. The van der Waals surface area contributed by atoms with E-state index >= 15 is 0 Å². The van der Waals surface area contributed by atoms with Crippen LogP contribution in [0.15, 0.2) is 96.6 Å². The number of nitrogens with one attached hydrogen (secondary N) is 2. The summed E-state index contributed by atoms with van der Waals surface area (Å²) in [5, 5.41) is 7.71. The molecular formula is C25H18N4O2S. The topological polar surface area (TPSA) is 75.5 Å². The van der Waals surface area contributed by atoms with Gasteiger partial charge in [0.25, 0.3) is 11.8 Å². The average molecular weight is 439 g/mol. The molecule has 0 aliphatic heterocycles. The zero-order chi connectivity index (χ0) is 21.9. The van der Waals surface area contributed by atoms with Gasteiger partial charge in [-0.05, 0) is 36.4 Å². The molecule has 7 heteroatoms. The van der Waals surface area contributed by atoms with E-state index in [1.807, 2.05) is 52.5 Å². The lowest BCUT2D eigenvalue weighted by molar-refractivity contribution is 0.102. The van der Waals surface area contributed by atoms with E-state index in [0.29, 0.717) is 22.5 Å². The van der Waals surface area contributed by atoms with E-state index in [2.05, 4.69) is 15.6 Å². The zero-order valence-electron chi connectivity index (χ0n) is 16.9. The van der Waals surface area contributed by atoms with E-state index < -0.39 is 0 Å². The highest BCUT2D eigenvalue weighted by Gasteiger charge is 2.14. The highest BCUT2D eigenvalue weighted by atomic mass is 32.1. The first-order chi connectivity index (χ1) is 15.7. The lowest BCUT2D eigenvalue weighted by atomic mass is 10.1. The second kappa shape index (κ2) is 8.49. The Morgan fingerprint density at radius 1 is 0.812 bits per heavy atom. The van der Waals surface area contributed by atoms with E-state index in [4.69, 9.17) is 0 Å². The van der Waals surface area contributed by atoms with Crippen molar-refractivity contribution in [2.75, 3.05) is 10.6 Å². The Balaban J connectivity index is 1.32. The number of hydrogen-bond donors (Lipinski definition) is 2. The van der Waals surface area contributed by atoms with Crippen LogP contribution in [-0.4, -0.2) is 21.2 Å². The number of nitrogens with zero attached hydrogens (tertiary/aromatic N) is 2. The first-order valence-electron chi connectivity index (χ1n) is 9.97. The Labute approximate surface area is 188 Å². The van der Waals surface area contributed by atoms with Gasteiger partial charge in [0.1, 0.15) is 0 Å². The van der Waals surface area contributed by atoms with E-state index in [0.717, 1.165) is 16.2 Å². The number of rotatable bonds is 5. The normalized spacial score (nSPS) is 10.8. The summed E-state index contributed by atoms with van der Waals surface area (Å²) >= 11 is 1.58. The Hall–Kier alpha value is -4.23. The monoisotopic (exact) mass is 438 g/mol. The third kappa shape index (κ3) is 4.01. The molecule has 5 rings (SSSR count). The molecule has 2 aromatic heterocycles. The molecule has 3 aromatic carbocycles. The fourth-order valence-corrected chi connectivity index (χ4v) is 4.06. The van der Waals surface area contributed by atoms with E-state index in [1.165, 1.54) is 0 Å². The fraction of sp³-hybridized carbons (Fsp3) is 0. The van der Waals surface area contributed by atoms with Crippen molar-refractivity contribution in [1.82, 2.24) is 9.38 Å². The number of benzene rings is 3. The molecule has 0 fully saturated rings. The smallest absolute Gasteiger partial charge is 0.257 e.